The quantitative estimate of drug-likeness (QED) is 0.844. The van der Waals surface area contributed by atoms with Crippen molar-refractivity contribution in [2.24, 2.45) is 0 Å². The first kappa shape index (κ1) is 12.7. The van der Waals surface area contributed by atoms with E-state index in [4.69, 9.17) is 21.1 Å². The maximum Gasteiger partial charge on any atom is 0.213 e. The molecule has 0 bridgehead atoms. The third kappa shape index (κ3) is 3.14. The van der Waals surface area contributed by atoms with Crippen LogP contribution in [0.2, 0.25) is 5.02 Å². The smallest absolute Gasteiger partial charge is 0.213 e. The van der Waals surface area contributed by atoms with Gasteiger partial charge < -0.3 is 9.47 Å². The zero-order valence-electron chi connectivity index (χ0n) is 10.3. The standard InChI is InChI=1S/C14H14ClNO2/c1-10-6-7-11(15)8-13(10)18-9-12-4-3-5-14(16-12)17-2/h3-8H,9H2,1-2H3. The highest BCUT2D eigenvalue weighted by Gasteiger charge is 2.03. The fourth-order valence-electron chi connectivity index (χ4n) is 1.53. The third-order valence-electron chi connectivity index (χ3n) is 2.52. The Morgan fingerprint density at radius 2 is 2.06 bits per heavy atom. The molecule has 0 saturated carbocycles. The monoisotopic (exact) mass is 263 g/mol. The molecule has 2 aromatic rings. The summed E-state index contributed by atoms with van der Waals surface area (Å²) in [4.78, 5) is 4.28. The maximum absolute atomic E-state index is 5.93. The van der Waals surface area contributed by atoms with Crippen LogP contribution >= 0.6 is 11.6 Å². The van der Waals surface area contributed by atoms with E-state index in [1.165, 1.54) is 0 Å². The topological polar surface area (TPSA) is 31.4 Å². The number of methoxy groups -OCH3 is 1. The van der Waals surface area contributed by atoms with Gasteiger partial charge in [0.15, 0.2) is 0 Å². The van der Waals surface area contributed by atoms with Crippen molar-refractivity contribution in [3.05, 3.63) is 52.7 Å². The van der Waals surface area contributed by atoms with Crippen LogP contribution in [0, 0.1) is 6.92 Å². The Balaban J connectivity index is 2.08. The number of ether oxygens (including phenoxy) is 2. The van der Waals surface area contributed by atoms with Crippen LogP contribution in [0.1, 0.15) is 11.3 Å². The highest BCUT2D eigenvalue weighted by atomic mass is 35.5. The summed E-state index contributed by atoms with van der Waals surface area (Å²) in [6, 6.07) is 11.1. The van der Waals surface area contributed by atoms with Gasteiger partial charge in [0.25, 0.3) is 0 Å². The minimum atomic E-state index is 0.387. The van der Waals surface area contributed by atoms with Crippen molar-refractivity contribution in [2.75, 3.05) is 7.11 Å². The van der Waals surface area contributed by atoms with Crippen LogP contribution in [-0.4, -0.2) is 12.1 Å². The Kier molecular flexibility index (Phi) is 4.05. The van der Waals surface area contributed by atoms with Gasteiger partial charge in [-0.25, -0.2) is 4.98 Å². The zero-order chi connectivity index (χ0) is 13.0. The molecule has 2 rings (SSSR count). The first-order valence-electron chi connectivity index (χ1n) is 5.58. The second kappa shape index (κ2) is 5.74. The predicted molar refractivity (Wildman–Crippen MR) is 71.3 cm³/mol. The van der Waals surface area contributed by atoms with Crippen LogP contribution < -0.4 is 9.47 Å². The summed E-state index contributed by atoms with van der Waals surface area (Å²) in [5.74, 6) is 1.35. The van der Waals surface area contributed by atoms with Gasteiger partial charge in [-0.1, -0.05) is 23.7 Å². The molecular formula is C14H14ClNO2. The Morgan fingerprint density at radius 1 is 1.22 bits per heavy atom. The average Bonchev–Trinajstić information content (AvgIpc) is 2.40. The van der Waals surface area contributed by atoms with Gasteiger partial charge in [0.2, 0.25) is 5.88 Å². The molecule has 0 saturated heterocycles. The van der Waals surface area contributed by atoms with Gasteiger partial charge in [-0.2, -0.15) is 0 Å². The lowest BCUT2D eigenvalue weighted by Gasteiger charge is -2.09. The lowest BCUT2D eigenvalue weighted by atomic mass is 10.2. The number of hydrogen-bond donors (Lipinski definition) is 0. The molecule has 0 aliphatic rings. The van der Waals surface area contributed by atoms with E-state index in [2.05, 4.69) is 4.98 Å². The summed E-state index contributed by atoms with van der Waals surface area (Å²) in [7, 11) is 1.59. The highest BCUT2D eigenvalue weighted by molar-refractivity contribution is 6.30. The highest BCUT2D eigenvalue weighted by Crippen LogP contribution is 2.23. The van der Waals surface area contributed by atoms with Crippen molar-refractivity contribution < 1.29 is 9.47 Å². The van der Waals surface area contributed by atoms with Crippen LogP contribution in [0.3, 0.4) is 0 Å². The molecule has 0 aliphatic carbocycles. The van der Waals surface area contributed by atoms with E-state index in [9.17, 15) is 0 Å². The molecule has 0 aliphatic heterocycles. The number of aromatic nitrogens is 1. The Labute approximate surface area is 111 Å². The van der Waals surface area contributed by atoms with E-state index in [1.54, 1.807) is 19.2 Å². The van der Waals surface area contributed by atoms with Gasteiger partial charge in [-0.3, -0.25) is 0 Å². The van der Waals surface area contributed by atoms with Crippen LogP contribution in [0.4, 0.5) is 0 Å². The molecule has 1 aromatic carbocycles. The number of nitrogens with zero attached hydrogens (tertiary/aromatic N) is 1. The van der Waals surface area contributed by atoms with Crippen LogP contribution in [0.5, 0.6) is 11.6 Å². The lowest BCUT2D eigenvalue weighted by molar-refractivity contribution is 0.296. The Hall–Kier alpha value is -1.74. The molecule has 0 radical (unpaired) electrons. The van der Waals surface area contributed by atoms with Crippen molar-refractivity contribution >= 4 is 11.6 Å². The fraction of sp³-hybridized carbons (Fsp3) is 0.214. The second-order valence-corrected chi connectivity index (χ2v) is 4.31. The van der Waals surface area contributed by atoms with Gasteiger partial charge in [-0.15, -0.1) is 0 Å². The molecule has 0 amide bonds. The predicted octanol–water partition coefficient (Wildman–Crippen LogP) is 3.63. The van der Waals surface area contributed by atoms with E-state index in [-0.39, 0.29) is 0 Å². The Bertz CT molecular complexity index is 543. The molecule has 0 atom stereocenters. The molecule has 1 aromatic heterocycles. The molecular weight excluding hydrogens is 250 g/mol. The first-order valence-corrected chi connectivity index (χ1v) is 5.95. The molecule has 4 heteroatoms. The fourth-order valence-corrected chi connectivity index (χ4v) is 1.69. The van der Waals surface area contributed by atoms with Crippen molar-refractivity contribution in [3.8, 4) is 11.6 Å². The van der Waals surface area contributed by atoms with Gasteiger partial charge in [-0.05, 0) is 30.7 Å². The van der Waals surface area contributed by atoms with Crippen molar-refractivity contribution in [2.45, 2.75) is 13.5 Å². The van der Waals surface area contributed by atoms with Crippen LogP contribution in [0.15, 0.2) is 36.4 Å². The van der Waals surface area contributed by atoms with Crippen LogP contribution in [0.25, 0.3) is 0 Å². The van der Waals surface area contributed by atoms with Gasteiger partial charge in [0.1, 0.15) is 12.4 Å². The number of benzene rings is 1. The SMILES string of the molecule is COc1cccc(COc2cc(Cl)ccc2C)n1. The van der Waals surface area contributed by atoms with E-state index >= 15 is 0 Å². The van der Waals surface area contributed by atoms with E-state index < -0.39 is 0 Å². The van der Waals surface area contributed by atoms with Crippen LogP contribution in [-0.2, 0) is 6.61 Å². The van der Waals surface area contributed by atoms with Gasteiger partial charge in [0.05, 0.1) is 12.8 Å². The Morgan fingerprint density at radius 3 is 2.83 bits per heavy atom. The largest absolute Gasteiger partial charge is 0.487 e. The number of pyridine rings is 1. The molecule has 3 nitrogen and oxygen atoms in total. The molecule has 0 N–H and O–H groups in total. The number of aryl methyl sites for hydroxylation is 1. The van der Waals surface area contributed by atoms with E-state index in [0.717, 1.165) is 17.0 Å². The van der Waals surface area contributed by atoms with E-state index in [1.807, 2.05) is 31.2 Å². The van der Waals surface area contributed by atoms with Gasteiger partial charge in [0, 0.05) is 11.1 Å². The normalized spacial score (nSPS) is 10.2. The van der Waals surface area contributed by atoms with E-state index in [0.29, 0.717) is 17.5 Å². The minimum absolute atomic E-state index is 0.387. The molecule has 1 heterocycles. The van der Waals surface area contributed by atoms with Crippen molar-refractivity contribution in [1.29, 1.82) is 0 Å². The van der Waals surface area contributed by atoms with Gasteiger partial charge >= 0.3 is 0 Å². The van der Waals surface area contributed by atoms with Crippen molar-refractivity contribution in [1.82, 2.24) is 4.98 Å². The summed E-state index contributed by atoms with van der Waals surface area (Å²) in [6.07, 6.45) is 0. The molecule has 0 spiro atoms. The summed E-state index contributed by atoms with van der Waals surface area (Å²) in [5.41, 5.74) is 1.86. The summed E-state index contributed by atoms with van der Waals surface area (Å²) in [6.45, 7) is 2.36. The zero-order valence-corrected chi connectivity index (χ0v) is 11.1. The third-order valence-corrected chi connectivity index (χ3v) is 2.75. The molecule has 18 heavy (non-hydrogen) atoms. The lowest BCUT2D eigenvalue weighted by Crippen LogP contribution is -2.00. The maximum atomic E-state index is 5.93. The molecule has 94 valence electrons. The summed E-state index contributed by atoms with van der Waals surface area (Å²) >= 11 is 5.93. The number of rotatable bonds is 4. The number of halogens is 1. The average molecular weight is 264 g/mol. The molecule has 0 fully saturated rings. The van der Waals surface area contributed by atoms with Crippen molar-refractivity contribution in [3.63, 3.8) is 0 Å². The second-order valence-electron chi connectivity index (χ2n) is 3.87. The summed E-state index contributed by atoms with van der Waals surface area (Å²) in [5, 5.41) is 0.661. The number of hydrogen-bond acceptors (Lipinski definition) is 3. The molecule has 0 unspecified atom stereocenters. The first-order chi connectivity index (χ1) is 8.69. The summed E-state index contributed by atoms with van der Waals surface area (Å²) < 4.78 is 10.8. The minimum Gasteiger partial charge on any atom is -0.487 e.